The highest BCUT2D eigenvalue weighted by Crippen LogP contribution is 2.43. The van der Waals surface area contributed by atoms with Crippen molar-refractivity contribution in [3.8, 4) is 0 Å². The number of ether oxygens (including phenoxy) is 3. The molecule has 0 unspecified atom stereocenters. The van der Waals surface area contributed by atoms with Crippen molar-refractivity contribution in [1.82, 2.24) is 20.4 Å². The van der Waals surface area contributed by atoms with E-state index in [1.165, 1.54) is 49.0 Å². The number of nitrogens with one attached hydrogen (secondary N) is 2. The molecule has 3 aromatic rings. The Bertz CT molecular complexity index is 1970. The quantitative estimate of drug-likeness (QED) is 0.201. The van der Waals surface area contributed by atoms with Crippen molar-refractivity contribution in [1.29, 1.82) is 0 Å². The maximum atomic E-state index is 14.7. The van der Waals surface area contributed by atoms with Gasteiger partial charge in [-0.1, -0.05) is 105 Å². The lowest BCUT2D eigenvalue weighted by Crippen LogP contribution is -2.59. The molecule has 0 saturated carbocycles. The van der Waals surface area contributed by atoms with Gasteiger partial charge in [0.05, 0.1) is 7.11 Å². The van der Waals surface area contributed by atoms with Crippen LogP contribution in [0.25, 0.3) is 0 Å². The molecule has 4 amide bonds. The van der Waals surface area contributed by atoms with Gasteiger partial charge in [-0.05, 0) is 42.7 Å². The number of benzene rings is 3. The van der Waals surface area contributed by atoms with Gasteiger partial charge in [-0.3, -0.25) is 19.2 Å². The average molecular weight is 837 g/mol. The Hall–Kier alpha value is -5.77. The third-order valence-electron chi connectivity index (χ3n) is 10.9. The van der Waals surface area contributed by atoms with Crippen molar-refractivity contribution < 1.29 is 56.1 Å². The summed E-state index contributed by atoms with van der Waals surface area (Å²) in [5.41, 5.74) is -2.75. The average Bonchev–Trinajstić information content (AvgIpc) is 3.94. The van der Waals surface area contributed by atoms with Crippen LogP contribution in [0.2, 0.25) is 0 Å². The summed E-state index contributed by atoms with van der Waals surface area (Å²) in [5, 5.41) is 5.47. The van der Waals surface area contributed by atoms with E-state index < -0.39 is 89.1 Å². The fourth-order valence-corrected chi connectivity index (χ4v) is 7.81. The predicted octanol–water partition coefficient (Wildman–Crippen LogP) is 4.27. The van der Waals surface area contributed by atoms with E-state index in [0.29, 0.717) is 31.9 Å². The number of alkyl halides is 3. The zero-order valence-electron chi connectivity index (χ0n) is 34.0. The van der Waals surface area contributed by atoms with Gasteiger partial charge < -0.3 is 34.6 Å². The zero-order chi connectivity index (χ0) is 43.6. The Morgan fingerprint density at radius 3 is 1.63 bits per heavy atom. The number of methoxy groups -OCH3 is 2. The van der Waals surface area contributed by atoms with Crippen LogP contribution in [0.3, 0.4) is 0 Å². The van der Waals surface area contributed by atoms with Crippen LogP contribution in [0.4, 0.5) is 13.2 Å². The minimum atomic E-state index is -5.29. The van der Waals surface area contributed by atoms with Gasteiger partial charge in [0, 0.05) is 38.6 Å². The molecular weight excluding hydrogens is 785 g/mol. The van der Waals surface area contributed by atoms with Crippen LogP contribution in [-0.4, -0.2) is 109 Å². The van der Waals surface area contributed by atoms with Gasteiger partial charge in [0.2, 0.25) is 17.7 Å². The first kappa shape index (κ1) is 45.3. The van der Waals surface area contributed by atoms with Crippen molar-refractivity contribution >= 4 is 35.6 Å². The number of amides is 4. The number of rotatable bonds is 16. The SMILES string of the molecule is COC(=O)[C@@H]1CCCN1C(=O)[C@@H](Cc1ccccc1)NC(=O)[C@@H]1CCCN1C(=O)[C@@H](Cc1ccccc1)NC(=O)[C@@H](OC(=O)[C@](OC)(c1ccccc1)C(F)(F)F)C(C)C. The maximum Gasteiger partial charge on any atom is 0.432 e. The van der Waals surface area contributed by atoms with Gasteiger partial charge in [0.25, 0.3) is 11.5 Å². The van der Waals surface area contributed by atoms with Gasteiger partial charge in [-0.15, -0.1) is 0 Å². The van der Waals surface area contributed by atoms with Crippen molar-refractivity contribution in [3.63, 3.8) is 0 Å². The molecule has 13 nitrogen and oxygen atoms in total. The van der Waals surface area contributed by atoms with Gasteiger partial charge >= 0.3 is 18.1 Å². The van der Waals surface area contributed by atoms with Crippen LogP contribution in [0.5, 0.6) is 0 Å². The monoisotopic (exact) mass is 836 g/mol. The molecule has 0 bridgehead atoms. The van der Waals surface area contributed by atoms with Crippen LogP contribution >= 0.6 is 0 Å². The molecule has 2 heterocycles. The Morgan fingerprint density at radius 2 is 1.17 bits per heavy atom. The number of carbonyl (C=O) groups excluding carboxylic acids is 6. The summed E-state index contributed by atoms with van der Waals surface area (Å²) in [7, 11) is 1.96. The van der Waals surface area contributed by atoms with E-state index in [1.54, 1.807) is 54.6 Å². The van der Waals surface area contributed by atoms with E-state index in [1.807, 2.05) is 6.07 Å². The lowest BCUT2D eigenvalue weighted by molar-refractivity contribution is -0.278. The summed E-state index contributed by atoms with van der Waals surface area (Å²) < 4.78 is 59.3. The maximum absolute atomic E-state index is 14.7. The van der Waals surface area contributed by atoms with Gasteiger partial charge in [0.15, 0.2) is 6.10 Å². The highest BCUT2D eigenvalue weighted by atomic mass is 19.4. The third-order valence-corrected chi connectivity index (χ3v) is 10.9. The molecule has 0 radical (unpaired) electrons. The van der Waals surface area contributed by atoms with Gasteiger partial charge in [0.1, 0.15) is 24.2 Å². The fourth-order valence-electron chi connectivity index (χ4n) is 7.81. The van der Waals surface area contributed by atoms with Crippen LogP contribution in [0.1, 0.15) is 56.2 Å². The number of hydrogen-bond acceptors (Lipinski definition) is 9. The Balaban J connectivity index is 1.40. The lowest BCUT2D eigenvalue weighted by atomic mass is 9.92. The smallest absolute Gasteiger partial charge is 0.432 e. The number of hydrogen-bond donors (Lipinski definition) is 2. The van der Waals surface area contributed by atoms with Crippen LogP contribution < -0.4 is 10.6 Å². The number of likely N-dealkylation sites (tertiary alicyclic amines) is 2. The minimum Gasteiger partial charge on any atom is -0.467 e. The van der Waals surface area contributed by atoms with Crippen molar-refractivity contribution in [2.45, 2.75) is 94.4 Å². The molecule has 2 N–H and O–H groups in total. The van der Waals surface area contributed by atoms with Crippen LogP contribution in [0, 0.1) is 5.92 Å². The standard InChI is InChI=1S/C44H51F3N4O9/c1-28(2)36(60-42(57)43(59-4,44(45,46)47)31-20-12-7-13-21-31)38(53)49-33(27-30-18-10-6-11-19-30)39(54)50-24-14-22-34(50)37(52)48-32(26-29-16-8-5-9-17-29)40(55)51-25-15-23-35(51)41(56)58-3/h5-13,16-21,28,32-36H,14-15,22-27H2,1-4H3,(H,48,52)(H,49,53)/t32-,33-,34+,35+,36+,43-/m1/s1. The molecule has 6 atom stereocenters. The summed E-state index contributed by atoms with van der Waals surface area (Å²) in [6.07, 6.45) is -5.47. The van der Waals surface area contributed by atoms with Gasteiger partial charge in [-0.25, -0.2) is 9.59 Å². The molecule has 60 heavy (non-hydrogen) atoms. The first-order valence-electron chi connectivity index (χ1n) is 19.9. The summed E-state index contributed by atoms with van der Waals surface area (Å²) >= 11 is 0. The highest BCUT2D eigenvalue weighted by Gasteiger charge is 2.64. The van der Waals surface area contributed by atoms with Crippen LogP contribution in [-0.2, 0) is 61.4 Å². The van der Waals surface area contributed by atoms with E-state index in [-0.39, 0.29) is 32.4 Å². The molecule has 0 aromatic heterocycles. The summed E-state index contributed by atoms with van der Waals surface area (Å²) in [5.74, 6) is -6.09. The Morgan fingerprint density at radius 1 is 0.700 bits per heavy atom. The first-order chi connectivity index (χ1) is 28.6. The topological polar surface area (TPSA) is 161 Å². The highest BCUT2D eigenvalue weighted by molar-refractivity contribution is 5.96. The lowest BCUT2D eigenvalue weighted by Gasteiger charge is -2.35. The Kier molecular flexibility index (Phi) is 15.1. The molecule has 2 fully saturated rings. The molecule has 2 saturated heterocycles. The normalized spacial score (nSPS) is 19.1. The first-order valence-corrected chi connectivity index (χ1v) is 19.9. The predicted molar refractivity (Wildman–Crippen MR) is 212 cm³/mol. The molecule has 322 valence electrons. The minimum absolute atomic E-state index is 0.0808. The number of nitrogens with zero attached hydrogens (tertiary/aromatic N) is 2. The Labute approximate surface area is 346 Å². The molecular formula is C44H51F3N4O9. The van der Waals surface area contributed by atoms with E-state index in [0.717, 1.165) is 17.7 Å². The summed E-state index contributed by atoms with van der Waals surface area (Å²) in [6.45, 7) is 3.35. The summed E-state index contributed by atoms with van der Waals surface area (Å²) in [6, 6.07) is 19.5. The number of carbonyl (C=O) groups is 6. The molecule has 2 aliphatic heterocycles. The third kappa shape index (κ3) is 10.1. The van der Waals surface area contributed by atoms with Crippen LogP contribution in [0.15, 0.2) is 91.0 Å². The second-order valence-corrected chi connectivity index (χ2v) is 15.2. The largest absolute Gasteiger partial charge is 0.467 e. The van der Waals surface area contributed by atoms with E-state index in [4.69, 9.17) is 14.2 Å². The fraction of sp³-hybridized carbons (Fsp3) is 0.455. The van der Waals surface area contributed by atoms with E-state index in [9.17, 15) is 41.9 Å². The molecule has 0 spiro atoms. The molecule has 2 aliphatic rings. The van der Waals surface area contributed by atoms with Gasteiger partial charge in [-0.2, -0.15) is 13.2 Å². The molecule has 16 heteroatoms. The van der Waals surface area contributed by atoms with E-state index in [2.05, 4.69) is 10.6 Å². The van der Waals surface area contributed by atoms with E-state index >= 15 is 0 Å². The summed E-state index contributed by atoms with van der Waals surface area (Å²) in [4.78, 5) is 85.7. The second kappa shape index (κ2) is 20.0. The molecule has 5 rings (SSSR count). The molecule has 0 aliphatic carbocycles. The molecule has 3 aromatic carbocycles. The van der Waals surface area contributed by atoms with Crippen molar-refractivity contribution in [3.05, 3.63) is 108 Å². The van der Waals surface area contributed by atoms with Crippen molar-refractivity contribution in [2.24, 2.45) is 5.92 Å². The number of esters is 2. The zero-order valence-corrected chi connectivity index (χ0v) is 34.0. The second-order valence-electron chi connectivity index (χ2n) is 15.2. The van der Waals surface area contributed by atoms with Crippen molar-refractivity contribution in [2.75, 3.05) is 27.3 Å². The number of halogens is 3.